The standard InChI is InChI=1S/C31H30Br2N4O5.ClH/c1-2-14-36-20-23(18-25(33)21-36)29(38)34-13-16-42-31(40)37(26-10-6-9-24(32)19-26)15-17-41-30(39)35-28-12-5-8-22-7-3-4-11-27(22)28;/h3-12,18-21H,2,13-17H2,1H3,(H-,34,35,38,39);1H. The van der Waals surface area contributed by atoms with Gasteiger partial charge in [-0.1, -0.05) is 65.3 Å². The lowest BCUT2D eigenvalue weighted by Crippen LogP contribution is -3.00. The predicted octanol–water partition coefficient (Wildman–Crippen LogP) is 3.69. The van der Waals surface area contributed by atoms with Gasteiger partial charge in [0.25, 0.3) is 5.91 Å². The lowest BCUT2D eigenvalue weighted by atomic mass is 10.1. The van der Waals surface area contributed by atoms with Crippen molar-refractivity contribution in [3.05, 3.63) is 99.7 Å². The number of carbonyl (C=O) groups excluding carboxylic acids is 3. The number of hydrogen-bond donors (Lipinski definition) is 2. The number of anilines is 2. The van der Waals surface area contributed by atoms with E-state index in [4.69, 9.17) is 9.47 Å². The minimum Gasteiger partial charge on any atom is -1.00 e. The molecule has 0 aliphatic rings. The summed E-state index contributed by atoms with van der Waals surface area (Å²) < 4.78 is 14.4. The van der Waals surface area contributed by atoms with Crippen LogP contribution in [0.4, 0.5) is 21.0 Å². The number of hydrogen-bond acceptors (Lipinski definition) is 5. The molecule has 3 amide bonds. The highest BCUT2D eigenvalue weighted by Gasteiger charge is 2.19. The van der Waals surface area contributed by atoms with Crippen molar-refractivity contribution in [1.82, 2.24) is 5.32 Å². The average Bonchev–Trinajstić information content (AvgIpc) is 2.97. The molecule has 0 bridgehead atoms. The van der Waals surface area contributed by atoms with Gasteiger partial charge in [0, 0.05) is 22.0 Å². The second-order valence-corrected chi connectivity index (χ2v) is 11.1. The van der Waals surface area contributed by atoms with Crippen LogP contribution in [-0.2, 0) is 16.0 Å². The summed E-state index contributed by atoms with van der Waals surface area (Å²) in [5.41, 5.74) is 1.69. The molecule has 4 rings (SSSR count). The molecule has 0 aliphatic heterocycles. The molecule has 0 atom stereocenters. The van der Waals surface area contributed by atoms with Crippen molar-refractivity contribution in [3.8, 4) is 0 Å². The Balaban J connectivity index is 0.00000506. The number of fused-ring (bicyclic) bond motifs is 1. The van der Waals surface area contributed by atoms with E-state index in [2.05, 4.69) is 49.4 Å². The number of aryl methyl sites for hydroxylation is 1. The van der Waals surface area contributed by atoms with Gasteiger partial charge in [-0.05, 0) is 51.6 Å². The Kier molecular flexibility index (Phi) is 13.2. The van der Waals surface area contributed by atoms with Crippen molar-refractivity contribution in [2.45, 2.75) is 19.9 Å². The molecule has 0 fully saturated rings. The molecule has 12 heteroatoms. The second-order valence-electron chi connectivity index (χ2n) is 9.27. The molecule has 3 aromatic carbocycles. The fourth-order valence-corrected chi connectivity index (χ4v) is 5.17. The number of aromatic nitrogens is 1. The van der Waals surface area contributed by atoms with Crippen LogP contribution in [0.5, 0.6) is 0 Å². The third-order valence-electron chi connectivity index (χ3n) is 6.16. The molecule has 2 N–H and O–H groups in total. The quantitative estimate of drug-likeness (QED) is 0.181. The van der Waals surface area contributed by atoms with E-state index in [1.165, 1.54) is 4.90 Å². The number of halogens is 3. The Bertz CT molecular complexity index is 1570. The monoisotopic (exact) mass is 732 g/mol. The SMILES string of the molecule is CCC[n+]1cc(Br)cc(C(=O)NCCOC(=O)N(CCOC(=O)Nc2cccc3ccccc23)c2cccc(Br)c2)c1.[Cl-]. The lowest BCUT2D eigenvalue weighted by Gasteiger charge is -2.22. The summed E-state index contributed by atoms with van der Waals surface area (Å²) in [6.45, 7) is 2.92. The molecule has 1 heterocycles. The summed E-state index contributed by atoms with van der Waals surface area (Å²) in [5, 5.41) is 7.43. The van der Waals surface area contributed by atoms with E-state index in [9.17, 15) is 14.4 Å². The highest BCUT2D eigenvalue weighted by Crippen LogP contribution is 2.23. The Hall–Kier alpha value is -3.67. The van der Waals surface area contributed by atoms with Crippen molar-refractivity contribution in [2.75, 3.05) is 36.5 Å². The zero-order chi connectivity index (χ0) is 29.9. The molecular weight excluding hydrogens is 704 g/mol. The first-order valence-corrected chi connectivity index (χ1v) is 15.0. The van der Waals surface area contributed by atoms with Crippen molar-refractivity contribution >= 4 is 72.1 Å². The molecule has 0 spiro atoms. The molecule has 1 aromatic heterocycles. The molecule has 0 radical (unpaired) electrons. The van der Waals surface area contributed by atoms with Crippen molar-refractivity contribution in [1.29, 1.82) is 0 Å². The molecule has 0 unspecified atom stereocenters. The summed E-state index contributed by atoms with van der Waals surface area (Å²) in [4.78, 5) is 39.6. The molecular formula is C31H31Br2ClN4O5. The molecule has 0 saturated heterocycles. The maximum absolute atomic E-state index is 13.1. The highest BCUT2D eigenvalue weighted by atomic mass is 79.9. The van der Waals surface area contributed by atoms with E-state index in [1.807, 2.05) is 53.2 Å². The molecule has 9 nitrogen and oxygen atoms in total. The van der Waals surface area contributed by atoms with E-state index in [0.717, 1.165) is 32.7 Å². The third kappa shape index (κ3) is 9.94. The number of amides is 3. The van der Waals surface area contributed by atoms with Gasteiger partial charge in [-0.2, -0.15) is 0 Å². The maximum atomic E-state index is 13.1. The first kappa shape index (κ1) is 33.8. The Labute approximate surface area is 273 Å². The topological polar surface area (TPSA) is 101 Å². The zero-order valence-corrected chi connectivity index (χ0v) is 27.3. The second kappa shape index (κ2) is 16.8. The van der Waals surface area contributed by atoms with Gasteiger partial charge in [0.15, 0.2) is 12.4 Å². The maximum Gasteiger partial charge on any atom is 0.414 e. The number of ether oxygens (including phenoxy) is 2. The van der Waals surface area contributed by atoms with Crippen LogP contribution in [0.25, 0.3) is 10.8 Å². The summed E-state index contributed by atoms with van der Waals surface area (Å²) in [6, 6.07) is 22.2. The van der Waals surface area contributed by atoms with Crippen LogP contribution in [0.15, 0.2) is 94.1 Å². The summed E-state index contributed by atoms with van der Waals surface area (Å²) in [6.07, 6.45) is 3.36. The van der Waals surface area contributed by atoms with Crippen LogP contribution in [0.3, 0.4) is 0 Å². The Morgan fingerprint density at radius 3 is 2.44 bits per heavy atom. The summed E-state index contributed by atoms with van der Waals surface area (Å²) >= 11 is 6.86. The van der Waals surface area contributed by atoms with E-state index >= 15 is 0 Å². The molecule has 4 aromatic rings. The van der Waals surface area contributed by atoms with Gasteiger partial charge in [0.05, 0.1) is 23.2 Å². The van der Waals surface area contributed by atoms with Gasteiger partial charge in [0.1, 0.15) is 25.3 Å². The average molecular weight is 735 g/mol. The number of pyridine rings is 1. The molecule has 43 heavy (non-hydrogen) atoms. The summed E-state index contributed by atoms with van der Waals surface area (Å²) in [7, 11) is 0. The number of nitrogens with zero attached hydrogens (tertiary/aromatic N) is 2. The van der Waals surface area contributed by atoms with Gasteiger partial charge >= 0.3 is 12.2 Å². The normalized spacial score (nSPS) is 10.4. The summed E-state index contributed by atoms with van der Waals surface area (Å²) in [5.74, 6) is -0.272. The van der Waals surface area contributed by atoms with Crippen LogP contribution in [0.1, 0.15) is 23.7 Å². The highest BCUT2D eigenvalue weighted by molar-refractivity contribution is 9.10. The first-order valence-electron chi connectivity index (χ1n) is 13.4. The van der Waals surface area contributed by atoms with Crippen molar-refractivity contribution in [2.24, 2.45) is 0 Å². The van der Waals surface area contributed by atoms with Gasteiger partial charge < -0.3 is 27.2 Å². The van der Waals surface area contributed by atoms with Gasteiger partial charge in [-0.25, -0.2) is 14.2 Å². The third-order valence-corrected chi connectivity index (χ3v) is 7.09. The van der Waals surface area contributed by atoms with Crippen LogP contribution in [0, 0.1) is 0 Å². The number of carbonyl (C=O) groups is 3. The van der Waals surface area contributed by atoms with Crippen molar-refractivity contribution in [3.63, 3.8) is 0 Å². The largest absolute Gasteiger partial charge is 1.00 e. The Morgan fingerprint density at radius 2 is 1.65 bits per heavy atom. The predicted molar refractivity (Wildman–Crippen MR) is 169 cm³/mol. The van der Waals surface area contributed by atoms with Crippen LogP contribution < -0.4 is 32.5 Å². The van der Waals surface area contributed by atoms with Crippen molar-refractivity contribution < 1.29 is 40.8 Å². The van der Waals surface area contributed by atoms with Gasteiger partial charge in [-0.15, -0.1) is 0 Å². The minimum atomic E-state index is -0.636. The van der Waals surface area contributed by atoms with E-state index in [1.54, 1.807) is 36.5 Å². The Morgan fingerprint density at radius 1 is 0.884 bits per heavy atom. The smallest absolute Gasteiger partial charge is 0.414 e. The minimum absolute atomic E-state index is 0. The lowest BCUT2D eigenvalue weighted by molar-refractivity contribution is -0.697. The first-order chi connectivity index (χ1) is 20.3. The number of benzene rings is 3. The van der Waals surface area contributed by atoms with E-state index < -0.39 is 12.2 Å². The van der Waals surface area contributed by atoms with Crippen LogP contribution in [0.2, 0.25) is 0 Å². The number of nitrogens with one attached hydrogen (secondary N) is 2. The van der Waals surface area contributed by atoms with E-state index in [0.29, 0.717) is 16.9 Å². The fourth-order valence-electron chi connectivity index (χ4n) is 4.27. The van der Waals surface area contributed by atoms with Crippen LogP contribution in [-0.4, -0.2) is 44.4 Å². The fraction of sp³-hybridized carbons (Fsp3) is 0.226. The number of rotatable bonds is 11. The van der Waals surface area contributed by atoms with Crippen LogP contribution >= 0.6 is 31.9 Å². The molecule has 0 aliphatic carbocycles. The van der Waals surface area contributed by atoms with E-state index in [-0.39, 0.29) is 44.6 Å². The molecule has 0 saturated carbocycles. The van der Waals surface area contributed by atoms with Gasteiger partial charge in [0.2, 0.25) is 0 Å². The van der Waals surface area contributed by atoms with Gasteiger partial charge in [-0.3, -0.25) is 15.0 Å². The molecule has 226 valence electrons. The zero-order valence-electron chi connectivity index (χ0n) is 23.4.